The lowest BCUT2D eigenvalue weighted by atomic mass is 10.1. The maximum absolute atomic E-state index is 12.7. The second-order valence-corrected chi connectivity index (χ2v) is 3.74. The lowest BCUT2D eigenvalue weighted by molar-refractivity contribution is 0.471. The molecule has 0 saturated carbocycles. The molecule has 0 radical (unpaired) electrons. The third kappa shape index (κ3) is 1.94. The number of hydrogen-bond donors (Lipinski definition) is 1. The van der Waals surface area contributed by atoms with Gasteiger partial charge in [-0.15, -0.1) is 10.2 Å². The summed E-state index contributed by atoms with van der Waals surface area (Å²) in [5.41, 5.74) is 0.800. The average molecular weight is 259 g/mol. The molecule has 0 amide bonds. The fraction of sp³-hybridized carbons (Fsp3) is 0. The van der Waals surface area contributed by atoms with Crippen LogP contribution in [0.5, 0.6) is 5.75 Å². The Morgan fingerprint density at radius 3 is 2.31 bits per heavy atom. The number of rotatable bonds is 1. The SMILES string of the molecule is Oc1c(Cl)nnc(-c2ccc(F)cc2)c1Cl. The van der Waals surface area contributed by atoms with E-state index >= 15 is 0 Å². The molecule has 16 heavy (non-hydrogen) atoms. The topological polar surface area (TPSA) is 46.0 Å². The van der Waals surface area contributed by atoms with Crippen LogP contribution in [-0.4, -0.2) is 15.3 Å². The van der Waals surface area contributed by atoms with Gasteiger partial charge in [-0.1, -0.05) is 23.2 Å². The molecule has 0 aliphatic carbocycles. The molecule has 1 aromatic heterocycles. The van der Waals surface area contributed by atoms with E-state index < -0.39 is 0 Å². The van der Waals surface area contributed by atoms with Crippen LogP contribution in [0.3, 0.4) is 0 Å². The van der Waals surface area contributed by atoms with Crippen molar-refractivity contribution in [3.8, 4) is 17.0 Å². The zero-order valence-electron chi connectivity index (χ0n) is 7.78. The number of benzene rings is 1. The van der Waals surface area contributed by atoms with Crippen molar-refractivity contribution in [3.63, 3.8) is 0 Å². The van der Waals surface area contributed by atoms with E-state index in [9.17, 15) is 9.50 Å². The Kier molecular flexibility index (Phi) is 2.94. The van der Waals surface area contributed by atoms with Crippen LogP contribution in [-0.2, 0) is 0 Å². The predicted octanol–water partition coefficient (Wildman–Crippen LogP) is 3.30. The van der Waals surface area contributed by atoms with E-state index in [-0.39, 0.29) is 27.4 Å². The summed E-state index contributed by atoms with van der Waals surface area (Å²) in [5, 5.41) is 16.6. The second kappa shape index (κ2) is 4.23. The standard InChI is InChI=1S/C10H5Cl2FN2O/c11-7-8(14-15-10(12)9(7)16)5-1-3-6(13)4-2-5/h1-4H,(H,14,16). The van der Waals surface area contributed by atoms with Gasteiger partial charge in [0, 0.05) is 5.56 Å². The summed E-state index contributed by atoms with van der Waals surface area (Å²) in [5.74, 6) is -0.705. The van der Waals surface area contributed by atoms with Gasteiger partial charge in [0.25, 0.3) is 0 Å². The first-order chi connectivity index (χ1) is 7.59. The lowest BCUT2D eigenvalue weighted by Crippen LogP contribution is -1.91. The summed E-state index contributed by atoms with van der Waals surface area (Å²) in [6.45, 7) is 0. The minimum atomic E-state index is -0.369. The zero-order valence-corrected chi connectivity index (χ0v) is 9.30. The van der Waals surface area contributed by atoms with Gasteiger partial charge in [-0.25, -0.2) is 4.39 Å². The largest absolute Gasteiger partial charge is 0.504 e. The highest BCUT2D eigenvalue weighted by Crippen LogP contribution is 2.35. The van der Waals surface area contributed by atoms with Gasteiger partial charge in [0.2, 0.25) is 0 Å². The second-order valence-electron chi connectivity index (χ2n) is 3.01. The molecule has 1 heterocycles. The molecule has 2 rings (SSSR count). The Balaban J connectivity index is 2.57. The summed E-state index contributed by atoms with van der Waals surface area (Å²) in [4.78, 5) is 0. The fourth-order valence-electron chi connectivity index (χ4n) is 1.18. The number of aromatic hydroxyl groups is 1. The van der Waals surface area contributed by atoms with E-state index in [1.165, 1.54) is 24.3 Å². The Hall–Kier alpha value is -1.39. The van der Waals surface area contributed by atoms with Crippen LogP contribution in [0.25, 0.3) is 11.3 Å². The van der Waals surface area contributed by atoms with Crippen molar-refractivity contribution in [1.82, 2.24) is 10.2 Å². The van der Waals surface area contributed by atoms with Crippen molar-refractivity contribution < 1.29 is 9.50 Å². The third-order valence-electron chi connectivity index (χ3n) is 1.97. The van der Waals surface area contributed by atoms with Crippen LogP contribution in [0.1, 0.15) is 0 Å². The van der Waals surface area contributed by atoms with E-state index in [4.69, 9.17) is 23.2 Å². The van der Waals surface area contributed by atoms with Gasteiger partial charge in [0.15, 0.2) is 10.9 Å². The number of halogens is 3. The van der Waals surface area contributed by atoms with Crippen LogP contribution in [0.4, 0.5) is 4.39 Å². The van der Waals surface area contributed by atoms with Gasteiger partial charge in [-0.05, 0) is 24.3 Å². The van der Waals surface area contributed by atoms with Crippen molar-refractivity contribution in [1.29, 1.82) is 0 Å². The summed E-state index contributed by atoms with van der Waals surface area (Å²) in [7, 11) is 0. The summed E-state index contributed by atoms with van der Waals surface area (Å²) >= 11 is 11.4. The van der Waals surface area contributed by atoms with Crippen LogP contribution in [0.2, 0.25) is 10.2 Å². The molecular formula is C10H5Cl2FN2O. The van der Waals surface area contributed by atoms with Crippen molar-refractivity contribution in [2.24, 2.45) is 0 Å². The average Bonchev–Trinajstić information content (AvgIpc) is 2.28. The van der Waals surface area contributed by atoms with E-state index in [1.54, 1.807) is 0 Å². The highest BCUT2D eigenvalue weighted by molar-refractivity contribution is 6.37. The maximum atomic E-state index is 12.7. The van der Waals surface area contributed by atoms with Gasteiger partial charge in [0.05, 0.1) is 0 Å². The van der Waals surface area contributed by atoms with Gasteiger partial charge >= 0.3 is 0 Å². The van der Waals surface area contributed by atoms with Gasteiger partial charge in [-0.2, -0.15) is 0 Å². The Labute approximate surface area is 100 Å². The molecule has 0 aliphatic heterocycles. The Morgan fingerprint density at radius 1 is 1.06 bits per heavy atom. The molecule has 0 fully saturated rings. The molecule has 0 saturated heterocycles. The van der Waals surface area contributed by atoms with Crippen molar-refractivity contribution in [3.05, 3.63) is 40.3 Å². The van der Waals surface area contributed by atoms with E-state index in [1.807, 2.05) is 0 Å². The van der Waals surface area contributed by atoms with Crippen LogP contribution < -0.4 is 0 Å². The minimum absolute atomic E-state index is 0.00777. The van der Waals surface area contributed by atoms with Crippen molar-refractivity contribution in [2.45, 2.75) is 0 Å². The highest BCUT2D eigenvalue weighted by atomic mass is 35.5. The number of hydrogen-bond acceptors (Lipinski definition) is 3. The molecule has 6 heteroatoms. The molecule has 2 aromatic rings. The van der Waals surface area contributed by atoms with Crippen molar-refractivity contribution >= 4 is 23.2 Å². The van der Waals surface area contributed by atoms with Gasteiger partial charge in [-0.3, -0.25) is 0 Å². The van der Waals surface area contributed by atoms with E-state index in [0.717, 1.165) is 0 Å². The molecule has 0 aliphatic rings. The van der Waals surface area contributed by atoms with E-state index in [2.05, 4.69) is 10.2 Å². The molecule has 0 unspecified atom stereocenters. The molecule has 1 aromatic carbocycles. The first kappa shape index (κ1) is 11.1. The van der Waals surface area contributed by atoms with Crippen LogP contribution in [0.15, 0.2) is 24.3 Å². The fourth-order valence-corrected chi connectivity index (χ4v) is 1.60. The van der Waals surface area contributed by atoms with Gasteiger partial charge < -0.3 is 5.11 Å². The highest BCUT2D eigenvalue weighted by Gasteiger charge is 2.14. The molecular weight excluding hydrogens is 254 g/mol. The Morgan fingerprint density at radius 2 is 1.69 bits per heavy atom. The summed E-state index contributed by atoms with van der Waals surface area (Å²) in [6, 6.07) is 5.50. The molecule has 0 atom stereocenters. The number of aromatic nitrogens is 2. The minimum Gasteiger partial charge on any atom is -0.504 e. The molecule has 3 nitrogen and oxygen atoms in total. The van der Waals surface area contributed by atoms with Crippen LogP contribution >= 0.6 is 23.2 Å². The molecule has 82 valence electrons. The monoisotopic (exact) mass is 258 g/mol. The zero-order chi connectivity index (χ0) is 11.7. The Bertz CT molecular complexity index is 531. The molecule has 0 spiro atoms. The maximum Gasteiger partial charge on any atom is 0.195 e. The normalized spacial score (nSPS) is 10.4. The van der Waals surface area contributed by atoms with E-state index in [0.29, 0.717) is 5.56 Å². The third-order valence-corrected chi connectivity index (χ3v) is 2.58. The molecule has 1 N–H and O–H groups in total. The lowest BCUT2D eigenvalue weighted by Gasteiger charge is -2.04. The quantitative estimate of drug-likeness (QED) is 0.854. The van der Waals surface area contributed by atoms with Crippen LogP contribution in [0, 0.1) is 5.82 Å². The van der Waals surface area contributed by atoms with Gasteiger partial charge in [0.1, 0.15) is 16.5 Å². The smallest absolute Gasteiger partial charge is 0.195 e. The summed E-state index contributed by atoms with van der Waals surface area (Å²) < 4.78 is 12.7. The first-order valence-electron chi connectivity index (χ1n) is 4.26. The molecule has 0 bridgehead atoms. The first-order valence-corrected chi connectivity index (χ1v) is 5.02. The van der Waals surface area contributed by atoms with Crippen molar-refractivity contribution in [2.75, 3.05) is 0 Å². The number of nitrogens with zero attached hydrogens (tertiary/aromatic N) is 2. The summed E-state index contributed by atoms with van der Waals surface area (Å²) in [6.07, 6.45) is 0. The predicted molar refractivity (Wildman–Crippen MR) is 59.1 cm³/mol.